The number of ether oxygens (including phenoxy) is 1. The van der Waals surface area contributed by atoms with Gasteiger partial charge >= 0.3 is 5.97 Å². The van der Waals surface area contributed by atoms with Gasteiger partial charge in [-0.2, -0.15) is 4.98 Å². The first-order chi connectivity index (χ1) is 9.51. The highest BCUT2D eigenvalue weighted by atomic mass is 16.5. The van der Waals surface area contributed by atoms with Gasteiger partial charge in [-0.25, -0.2) is 4.98 Å². The molecule has 0 aromatic carbocycles. The molecule has 0 spiro atoms. The van der Waals surface area contributed by atoms with Gasteiger partial charge in [-0.1, -0.05) is 13.8 Å². The van der Waals surface area contributed by atoms with E-state index in [0.29, 0.717) is 31.5 Å². The SMILES string of the molecule is CCCOc1cc(C)nc(N2C[C@@H](C)[C@H](C(=O)O)C2)n1. The molecule has 2 atom stereocenters. The third kappa shape index (κ3) is 3.18. The molecule has 1 fully saturated rings. The number of nitrogens with zero attached hydrogens (tertiary/aromatic N) is 3. The van der Waals surface area contributed by atoms with Crippen LogP contribution in [0.1, 0.15) is 26.0 Å². The summed E-state index contributed by atoms with van der Waals surface area (Å²) in [6.45, 7) is 7.60. The van der Waals surface area contributed by atoms with E-state index in [1.54, 1.807) is 6.07 Å². The first-order valence-electron chi connectivity index (χ1n) is 6.97. The molecule has 2 heterocycles. The van der Waals surface area contributed by atoms with Crippen LogP contribution in [0.3, 0.4) is 0 Å². The van der Waals surface area contributed by atoms with E-state index in [9.17, 15) is 9.90 Å². The zero-order valence-electron chi connectivity index (χ0n) is 12.2. The lowest BCUT2D eigenvalue weighted by atomic mass is 9.99. The Morgan fingerprint density at radius 3 is 2.85 bits per heavy atom. The fraction of sp³-hybridized carbons (Fsp3) is 0.643. The molecule has 0 bridgehead atoms. The average Bonchev–Trinajstić information content (AvgIpc) is 2.78. The number of carboxylic acids is 1. The van der Waals surface area contributed by atoms with Crippen molar-refractivity contribution in [3.8, 4) is 5.88 Å². The second kappa shape index (κ2) is 6.07. The van der Waals surface area contributed by atoms with E-state index in [0.717, 1.165) is 12.1 Å². The third-order valence-corrected chi connectivity index (χ3v) is 3.49. The van der Waals surface area contributed by atoms with Crippen LogP contribution in [-0.2, 0) is 4.79 Å². The van der Waals surface area contributed by atoms with Gasteiger partial charge in [0, 0.05) is 24.8 Å². The predicted molar refractivity (Wildman–Crippen MR) is 75.1 cm³/mol. The third-order valence-electron chi connectivity index (χ3n) is 3.49. The number of hydrogen-bond donors (Lipinski definition) is 1. The molecule has 1 aliphatic rings. The molecule has 6 nitrogen and oxygen atoms in total. The van der Waals surface area contributed by atoms with E-state index in [2.05, 4.69) is 9.97 Å². The Hall–Kier alpha value is -1.85. The van der Waals surface area contributed by atoms with E-state index in [-0.39, 0.29) is 11.8 Å². The van der Waals surface area contributed by atoms with Gasteiger partial charge in [0.05, 0.1) is 12.5 Å². The normalized spacial score (nSPS) is 22.1. The standard InChI is InChI=1S/C14H21N3O3/c1-4-5-20-12-6-10(3)15-14(16-12)17-7-9(2)11(8-17)13(18)19/h6,9,11H,4-5,7-8H2,1-3H3,(H,18,19)/t9-,11-/m1/s1. The number of rotatable bonds is 5. The summed E-state index contributed by atoms with van der Waals surface area (Å²) in [5.74, 6) is 0.0957. The molecular formula is C14H21N3O3. The number of aromatic nitrogens is 2. The van der Waals surface area contributed by atoms with Crippen molar-refractivity contribution in [2.24, 2.45) is 11.8 Å². The van der Waals surface area contributed by atoms with Crippen LogP contribution in [0.2, 0.25) is 0 Å². The van der Waals surface area contributed by atoms with Gasteiger partial charge in [-0.05, 0) is 19.3 Å². The Morgan fingerprint density at radius 2 is 2.25 bits per heavy atom. The van der Waals surface area contributed by atoms with E-state index in [1.165, 1.54) is 0 Å². The zero-order valence-corrected chi connectivity index (χ0v) is 12.2. The minimum absolute atomic E-state index is 0.0941. The monoisotopic (exact) mass is 279 g/mol. The van der Waals surface area contributed by atoms with Crippen molar-refractivity contribution < 1.29 is 14.6 Å². The molecule has 0 saturated carbocycles. The summed E-state index contributed by atoms with van der Waals surface area (Å²) < 4.78 is 5.54. The Balaban J connectivity index is 2.16. The van der Waals surface area contributed by atoms with E-state index in [4.69, 9.17) is 4.74 Å². The molecule has 0 unspecified atom stereocenters. The Morgan fingerprint density at radius 1 is 1.50 bits per heavy atom. The van der Waals surface area contributed by atoms with Gasteiger partial charge in [-0.15, -0.1) is 0 Å². The average molecular weight is 279 g/mol. The first kappa shape index (κ1) is 14.6. The van der Waals surface area contributed by atoms with Crippen LogP contribution < -0.4 is 9.64 Å². The van der Waals surface area contributed by atoms with Crippen molar-refractivity contribution in [2.45, 2.75) is 27.2 Å². The smallest absolute Gasteiger partial charge is 0.308 e. The van der Waals surface area contributed by atoms with Crippen LogP contribution in [0.4, 0.5) is 5.95 Å². The first-order valence-corrected chi connectivity index (χ1v) is 6.97. The lowest BCUT2D eigenvalue weighted by molar-refractivity contribution is -0.142. The fourth-order valence-electron chi connectivity index (χ4n) is 2.40. The molecule has 6 heteroatoms. The van der Waals surface area contributed by atoms with Gasteiger partial charge < -0.3 is 14.7 Å². The van der Waals surface area contributed by atoms with Crippen molar-refractivity contribution in [3.05, 3.63) is 11.8 Å². The zero-order chi connectivity index (χ0) is 14.7. The number of aliphatic carboxylic acids is 1. The lowest BCUT2D eigenvalue weighted by Gasteiger charge is -2.17. The predicted octanol–water partition coefficient (Wildman–Crippen LogP) is 1.73. The van der Waals surface area contributed by atoms with Crippen LogP contribution in [0, 0.1) is 18.8 Å². The minimum Gasteiger partial charge on any atom is -0.481 e. The van der Waals surface area contributed by atoms with E-state index >= 15 is 0 Å². The summed E-state index contributed by atoms with van der Waals surface area (Å²) in [6, 6.07) is 1.80. The summed E-state index contributed by atoms with van der Waals surface area (Å²) in [4.78, 5) is 21.9. The molecule has 2 rings (SSSR count). The quantitative estimate of drug-likeness (QED) is 0.884. The Bertz CT molecular complexity index is 493. The molecule has 1 saturated heterocycles. The second-order valence-corrected chi connectivity index (χ2v) is 5.32. The van der Waals surface area contributed by atoms with Gasteiger partial charge in [0.15, 0.2) is 0 Å². The molecule has 0 aliphatic carbocycles. The maximum atomic E-state index is 11.2. The highest BCUT2D eigenvalue weighted by Gasteiger charge is 2.36. The van der Waals surface area contributed by atoms with Crippen molar-refractivity contribution in [1.29, 1.82) is 0 Å². The maximum absolute atomic E-state index is 11.2. The van der Waals surface area contributed by atoms with Crippen molar-refractivity contribution in [1.82, 2.24) is 9.97 Å². The number of anilines is 1. The van der Waals surface area contributed by atoms with E-state index in [1.807, 2.05) is 25.7 Å². The number of hydrogen-bond acceptors (Lipinski definition) is 5. The van der Waals surface area contributed by atoms with E-state index < -0.39 is 5.97 Å². The van der Waals surface area contributed by atoms with Crippen molar-refractivity contribution >= 4 is 11.9 Å². The van der Waals surface area contributed by atoms with Crippen LogP contribution in [0.5, 0.6) is 5.88 Å². The van der Waals surface area contributed by atoms with Crippen molar-refractivity contribution in [2.75, 3.05) is 24.6 Å². The summed E-state index contributed by atoms with van der Waals surface area (Å²) in [5.41, 5.74) is 0.826. The number of carbonyl (C=O) groups is 1. The largest absolute Gasteiger partial charge is 0.481 e. The summed E-state index contributed by atoms with van der Waals surface area (Å²) in [6.07, 6.45) is 0.917. The van der Waals surface area contributed by atoms with Gasteiger partial charge in [0.2, 0.25) is 11.8 Å². The maximum Gasteiger partial charge on any atom is 0.308 e. The Labute approximate surface area is 118 Å². The highest BCUT2D eigenvalue weighted by Crippen LogP contribution is 2.27. The van der Waals surface area contributed by atoms with Crippen LogP contribution in [0.25, 0.3) is 0 Å². The molecule has 0 amide bonds. The topological polar surface area (TPSA) is 75.5 Å². The van der Waals surface area contributed by atoms with Gasteiger partial charge in [0.1, 0.15) is 0 Å². The second-order valence-electron chi connectivity index (χ2n) is 5.32. The van der Waals surface area contributed by atoms with Crippen molar-refractivity contribution in [3.63, 3.8) is 0 Å². The van der Waals surface area contributed by atoms with Crippen LogP contribution >= 0.6 is 0 Å². The molecule has 0 radical (unpaired) electrons. The number of aryl methyl sites for hydroxylation is 1. The Kier molecular flexibility index (Phi) is 4.42. The van der Waals surface area contributed by atoms with Gasteiger partial charge in [0.25, 0.3) is 0 Å². The molecule has 1 aliphatic heterocycles. The minimum atomic E-state index is -0.755. The van der Waals surface area contributed by atoms with Crippen LogP contribution in [-0.4, -0.2) is 40.7 Å². The fourth-order valence-corrected chi connectivity index (χ4v) is 2.40. The molecular weight excluding hydrogens is 258 g/mol. The molecule has 20 heavy (non-hydrogen) atoms. The summed E-state index contributed by atoms with van der Waals surface area (Å²) in [5, 5.41) is 9.18. The molecule has 1 aromatic heterocycles. The van der Waals surface area contributed by atoms with Crippen LogP contribution in [0.15, 0.2) is 6.07 Å². The lowest BCUT2D eigenvalue weighted by Crippen LogP contribution is -2.24. The highest BCUT2D eigenvalue weighted by molar-refractivity contribution is 5.72. The molecule has 1 aromatic rings. The number of carboxylic acid groups (broad SMARTS) is 1. The van der Waals surface area contributed by atoms with Gasteiger partial charge in [-0.3, -0.25) is 4.79 Å². The molecule has 1 N–H and O–H groups in total. The summed E-state index contributed by atoms with van der Waals surface area (Å²) >= 11 is 0. The molecule has 110 valence electrons. The summed E-state index contributed by atoms with van der Waals surface area (Å²) in [7, 11) is 0.